The summed E-state index contributed by atoms with van der Waals surface area (Å²) in [4.78, 5) is 0. The van der Waals surface area contributed by atoms with E-state index in [1.54, 1.807) is 0 Å². The van der Waals surface area contributed by atoms with Gasteiger partial charge in [-0.1, -0.05) is 210 Å². The summed E-state index contributed by atoms with van der Waals surface area (Å²) >= 11 is 0. The fourth-order valence-electron chi connectivity index (χ4n) is 8.85. The summed E-state index contributed by atoms with van der Waals surface area (Å²) in [6.07, 6.45) is 2.33. The molecule has 62 heavy (non-hydrogen) atoms. The molecule has 0 saturated carbocycles. The van der Waals surface area contributed by atoms with Crippen LogP contribution in [0.25, 0.3) is 87.6 Å². The van der Waals surface area contributed by atoms with E-state index in [1.807, 2.05) is 0 Å². The van der Waals surface area contributed by atoms with E-state index in [-0.39, 0.29) is 25.8 Å². The van der Waals surface area contributed by atoms with E-state index in [4.69, 9.17) is 0 Å². The Kier molecular flexibility index (Phi) is 14.9. The van der Waals surface area contributed by atoms with Crippen molar-refractivity contribution in [2.45, 2.75) is 65.5 Å². The zero-order chi connectivity index (χ0) is 42.3. The molecule has 10 aromatic carbocycles. The fourth-order valence-corrected chi connectivity index (χ4v) is 8.85. The Labute approximate surface area is 391 Å². The van der Waals surface area contributed by atoms with Crippen LogP contribution in [0.3, 0.4) is 0 Å². The Balaban J connectivity index is 0.000000173. The van der Waals surface area contributed by atoms with Crippen LogP contribution in [0.5, 0.6) is 0 Å². The maximum absolute atomic E-state index is 2.40. The van der Waals surface area contributed by atoms with Crippen molar-refractivity contribution in [3.63, 3.8) is 0 Å². The normalized spacial score (nSPS) is 12.0. The van der Waals surface area contributed by atoms with Crippen molar-refractivity contribution in [1.29, 1.82) is 0 Å². The molecule has 10 rings (SSSR count). The molecule has 0 fully saturated rings. The molecule has 0 aromatic heterocycles. The number of benzene rings is 8. The van der Waals surface area contributed by atoms with Gasteiger partial charge in [-0.3, -0.25) is 0 Å². The van der Waals surface area contributed by atoms with E-state index < -0.39 is 0 Å². The zero-order valence-electron chi connectivity index (χ0n) is 37.0. The van der Waals surface area contributed by atoms with Crippen molar-refractivity contribution in [3.05, 3.63) is 205 Å². The first-order chi connectivity index (χ1) is 29.9. The van der Waals surface area contributed by atoms with Crippen molar-refractivity contribution in [2.75, 3.05) is 0 Å². The predicted molar refractivity (Wildman–Crippen MR) is 271 cm³/mol. The van der Waals surface area contributed by atoms with Crippen LogP contribution < -0.4 is 0 Å². The molecule has 0 nitrogen and oxygen atoms in total. The molecule has 2 heteroatoms. The van der Waals surface area contributed by atoms with Gasteiger partial charge in [-0.15, -0.1) is 69.1 Å². The Morgan fingerprint density at radius 2 is 0.645 bits per heavy atom. The molecule has 0 amide bonds. The largest absolute Gasteiger partial charge is 0.164 e. The molecule has 0 spiro atoms. The summed E-state index contributed by atoms with van der Waals surface area (Å²) in [5.41, 5.74) is 13.3. The molecular weight excluding hydrogens is 927 g/mol. The maximum atomic E-state index is 2.40. The van der Waals surface area contributed by atoms with E-state index in [2.05, 4.69) is 235 Å². The molecule has 0 aliphatic carbocycles. The first-order valence-corrected chi connectivity index (χ1v) is 24.1. The van der Waals surface area contributed by atoms with Crippen molar-refractivity contribution in [3.8, 4) is 44.5 Å². The van der Waals surface area contributed by atoms with Crippen LogP contribution in [0.15, 0.2) is 194 Å². The molecule has 2 radical (unpaired) electrons. The van der Waals surface area contributed by atoms with E-state index in [0.717, 1.165) is 22.4 Å². The Morgan fingerprint density at radius 3 is 1.00 bits per heavy atom. The van der Waals surface area contributed by atoms with Crippen LogP contribution in [-0.2, 0) is 25.8 Å². The molecule has 0 aliphatic rings. The average Bonchev–Trinajstić information content (AvgIpc) is 3.97. The summed E-state index contributed by atoms with van der Waals surface area (Å²) in [6, 6.07) is 71.1. The smallest absolute Gasteiger partial charge is 0.0307 e. The first-order valence-electron chi connectivity index (χ1n) is 22.1. The Bertz CT molecular complexity index is 2830. The summed E-state index contributed by atoms with van der Waals surface area (Å²) in [5, 5.41) is 10.6. The van der Waals surface area contributed by atoms with Crippen LogP contribution >= 0.6 is 0 Å². The monoisotopic (exact) mass is 984 g/mol. The fraction of sp³-hybridized carbons (Fsp3) is 0.167. The topological polar surface area (TPSA) is 0 Å². The van der Waals surface area contributed by atoms with Gasteiger partial charge < -0.3 is 0 Å². The first kappa shape index (κ1) is 44.6. The second-order valence-electron chi connectivity index (χ2n) is 16.5. The molecular formula is C60H56HfSi-2. The van der Waals surface area contributed by atoms with Crippen LogP contribution in [0.4, 0.5) is 0 Å². The number of hydrogen-bond donors (Lipinski definition) is 0. The van der Waals surface area contributed by atoms with Crippen molar-refractivity contribution in [1.82, 2.24) is 0 Å². The third-order valence-electron chi connectivity index (χ3n) is 12.5. The Morgan fingerprint density at radius 1 is 0.371 bits per heavy atom. The van der Waals surface area contributed by atoms with Crippen molar-refractivity contribution >= 4 is 52.6 Å². The van der Waals surface area contributed by atoms with Crippen molar-refractivity contribution in [2.24, 2.45) is 0 Å². The van der Waals surface area contributed by atoms with Crippen LogP contribution in [-0.4, -0.2) is 9.52 Å². The van der Waals surface area contributed by atoms with Gasteiger partial charge in [-0.25, -0.2) is 0 Å². The SMILES string of the molecule is CCC(C)c1cc2c(-c3ccccc3-c3cccc4ccccc34)cccc2[cH-]1.CCC(C)c1cc2c(-c3ccccc3-c3cccc4ccccc34)cccc2[cH-]1.C[Si]C.[Hf]. The van der Waals surface area contributed by atoms with Crippen molar-refractivity contribution < 1.29 is 25.8 Å². The van der Waals surface area contributed by atoms with E-state index in [0.29, 0.717) is 11.8 Å². The van der Waals surface area contributed by atoms with Crippen LogP contribution in [0.1, 0.15) is 63.5 Å². The van der Waals surface area contributed by atoms with Gasteiger partial charge in [-0.2, -0.15) is 12.1 Å². The predicted octanol–water partition coefficient (Wildman–Crippen LogP) is 17.9. The maximum Gasteiger partial charge on any atom is 0.0307 e. The molecule has 0 heterocycles. The molecule has 2 unspecified atom stereocenters. The minimum Gasteiger partial charge on any atom is -0.164 e. The van der Waals surface area contributed by atoms with E-state index in [9.17, 15) is 0 Å². The van der Waals surface area contributed by atoms with Crippen LogP contribution in [0.2, 0.25) is 13.1 Å². The van der Waals surface area contributed by atoms with Gasteiger partial charge in [0.2, 0.25) is 0 Å². The molecule has 0 N–H and O–H groups in total. The summed E-state index contributed by atoms with van der Waals surface area (Å²) < 4.78 is 0. The number of rotatable bonds is 8. The summed E-state index contributed by atoms with van der Waals surface area (Å²) in [6.45, 7) is 13.5. The molecule has 10 aromatic rings. The molecule has 0 aliphatic heterocycles. The Hall–Kier alpha value is -5.41. The van der Waals surface area contributed by atoms with Gasteiger partial charge in [0.15, 0.2) is 0 Å². The third-order valence-corrected chi connectivity index (χ3v) is 12.5. The second-order valence-corrected chi connectivity index (χ2v) is 17.5. The molecule has 2 atom stereocenters. The average molecular weight is 984 g/mol. The molecule has 306 valence electrons. The van der Waals surface area contributed by atoms with Gasteiger partial charge >= 0.3 is 0 Å². The third kappa shape index (κ3) is 9.19. The minimum atomic E-state index is 0. The van der Waals surface area contributed by atoms with Gasteiger partial charge in [0.1, 0.15) is 0 Å². The minimum absolute atomic E-state index is 0. The standard InChI is InChI=1S/2C29H25.C2H6Si.Hf/c2*1-3-20(2)23-18-22-12-9-17-28(29(22)19-23)27-15-7-6-14-26(27)25-16-8-11-21-10-4-5-13-24(21)25;1-3-2;/h2*4-20H,3H2,1-2H3;1-2H3;/q2*-1;;. The molecule has 0 bridgehead atoms. The second kappa shape index (κ2) is 20.6. The number of hydrogen-bond acceptors (Lipinski definition) is 0. The van der Waals surface area contributed by atoms with E-state index >= 15 is 0 Å². The van der Waals surface area contributed by atoms with Gasteiger partial charge in [0.05, 0.1) is 0 Å². The van der Waals surface area contributed by atoms with Gasteiger partial charge in [0, 0.05) is 35.4 Å². The van der Waals surface area contributed by atoms with Gasteiger partial charge in [0.25, 0.3) is 0 Å². The number of fused-ring (bicyclic) bond motifs is 4. The van der Waals surface area contributed by atoms with Crippen LogP contribution in [0, 0.1) is 0 Å². The zero-order valence-corrected chi connectivity index (χ0v) is 41.6. The summed E-state index contributed by atoms with van der Waals surface area (Å²) in [5.74, 6) is 1.17. The molecule has 0 saturated heterocycles. The quantitative estimate of drug-likeness (QED) is 0.105. The van der Waals surface area contributed by atoms with E-state index in [1.165, 1.54) is 98.7 Å². The van der Waals surface area contributed by atoms with Gasteiger partial charge in [-0.05, 0) is 66.8 Å². The summed E-state index contributed by atoms with van der Waals surface area (Å²) in [7, 11) is 1.08.